The third-order valence-corrected chi connectivity index (χ3v) is 4.03. The smallest absolute Gasteiger partial charge is 0.223 e. The molecule has 0 saturated heterocycles. The Bertz CT molecular complexity index is 453. The first-order chi connectivity index (χ1) is 9.61. The van der Waals surface area contributed by atoms with Crippen LogP contribution in [0.4, 0.5) is 5.82 Å². The van der Waals surface area contributed by atoms with Crippen molar-refractivity contribution in [2.45, 2.75) is 25.8 Å². The molecular formula is C15H26Cl2N4O. The molecule has 5 nitrogen and oxygen atoms in total. The molecule has 1 fully saturated rings. The minimum Gasteiger partial charge on any atom is -0.363 e. The molecule has 0 radical (unpaired) electrons. The van der Waals surface area contributed by atoms with Crippen LogP contribution < -0.4 is 16.0 Å². The Labute approximate surface area is 144 Å². The first kappa shape index (κ1) is 21.0. The van der Waals surface area contributed by atoms with E-state index in [4.69, 9.17) is 5.73 Å². The van der Waals surface area contributed by atoms with Gasteiger partial charge in [0, 0.05) is 32.8 Å². The molecule has 3 N–H and O–H groups in total. The van der Waals surface area contributed by atoms with Crippen LogP contribution in [0.15, 0.2) is 18.3 Å². The molecule has 1 aromatic heterocycles. The van der Waals surface area contributed by atoms with E-state index in [0.29, 0.717) is 19.0 Å². The maximum absolute atomic E-state index is 12.2. The highest BCUT2D eigenvalue weighted by atomic mass is 35.5. The highest BCUT2D eigenvalue weighted by Crippen LogP contribution is 2.30. The number of amides is 1. The maximum Gasteiger partial charge on any atom is 0.223 e. The van der Waals surface area contributed by atoms with E-state index in [1.807, 2.05) is 37.3 Å². The fraction of sp³-hybridized carbons (Fsp3) is 0.600. The van der Waals surface area contributed by atoms with Crippen molar-refractivity contribution in [1.82, 2.24) is 10.3 Å². The molecule has 126 valence electrons. The van der Waals surface area contributed by atoms with Crippen molar-refractivity contribution < 1.29 is 4.79 Å². The van der Waals surface area contributed by atoms with Crippen molar-refractivity contribution in [2.75, 3.05) is 25.5 Å². The van der Waals surface area contributed by atoms with Gasteiger partial charge in [-0.2, -0.15) is 0 Å². The summed E-state index contributed by atoms with van der Waals surface area (Å²) in [4.78, 5) is 18.5. The number of hydrogen-bond acceptors (Lipinski definition) is 4. The van der Waals surface area contributed by atoms with Gasteiger partial charge in [-0.3, -0.25) is 4.79 Å². The lowest BCUT2D eigenvalue weighted by Crippen LogP contribution is -2.34. The highest BCUT2D eigenvalue weighted by Gasteiger charge is 2.31. The number of pyridine rings is 1. The Morgan fingerprint density at radius 3 is 2.64 bits per heavy atom. The third kappa shape index (κ3) is 5.30. The number of hydrogen-bond donors (Lipinski definition) is 2. The Balaban J connectivity index is 0.00000220. The lowest BCUT2D eigenvalue weighted by Gasteiger charge is -2.17. The quantitative estimate of drug-likeness (QED) is 0.853. The van der Waals surface area contributed by atoms with Gasteiger partial charge in [0.05, 0.1) is 0 Å². The second kappa shape index (κ2) is 9.87. The molecule has 0 spiro atoms. The van der Waals surface area contributed by atoms with Crippen molar-refractivity contribution in [2.24, 2.45) is 17.6 Å². The molecule has 22 heavy (non-hydrogen) atoms. The highest BCUT2D eigenvalue weighted by molar-refractivity contribution is 5.85. The summed E-state index contributed by atoms with van der Waals surface area (Å²) >= 11 is 0. The molecule has 0 aliphatic heterocycles. The summed E-state index contributed by atoms with van der Waals surface area (Å²) < 4.78 is 0. The zero-order chi connectivity index (χ0) is 14.5. The molecule has 2 rings (SSSR count). The maximum atomic E-state index is 12.2. The fourth-order valence-electron chi connectivity index (χ4n) is 2.77. The normalized spacial score (nSPS) is 19.8. The van der Waals surface area contributed by atoms with E-state index in [2.05, 4.69) is 10.3 Å². The van der Waals surface area contributed by atoms with Gasteiger partial charge in [-0.25, -0.2) is 4.98 Å². The van der Waals surface area contributed by atoms with E-state index >= 15 is 0 Å². The van der Waals surface area contributed by atoms with Gasteiger partial charge in [-0.05, 0) is 36.9 Å². The summed E-state index contributed by atoms with van der Waals surface area (Å²) in [6.45, 7) is 1.14. The fourth-order valence-corrected chi connectivity index (χ4v) is 2.77. The predicted octanol–water partition coefficient (Wildman–Crippen LogP) is 1.98. The topological polar surface area (TPSA) is 71.2 Å². The van der Waals surface area contributed by atoms with Crippen LogP contribution in [-0.4, -0.2) is 31.5 Å². The van der Waals surface area contributed by atoms with E-state index < -0.39 is 0 Å². The molecule has 1 aliphatic carbocycles. The Morgan fingerprint density at radius 1 is 1.36 bits per heavy atom. The van der Waals surface area contributed by atoms with Crippen molar-refractivity contribution in [3.63, 3.8) is 0 Å². The number of rotatable bonds is 5. The molecule has 1 heterocycles. The minimum atomic E-state index is 0. The molecule has 1 aromatic rings. The standard InChI is InChI=1S/C15H24N4O.2ClH/c1-19(2)14-7-6-11(9-17-14)10-18-15(20)13-5-3-4-12(13)8-16;;/h6-7,9,12-13H,3-5,8,10,16H2,1-2H3,(H,18,20);2*1H/t12-,13-;;/m1../s1. The third-order valence-electron chi connectivity index (χ3n) is 4.03. The molecule has 0 aromatic carbocycles. The monoisotopic (exact) mass is 348 g/mol. The number of aromatic nitrogens is 1. The van der Waals surface area contributed by atoms with Gasteiger partial charge in [-0.1, -0.05) is 12.5 Å². The Hall–Kier alpha value is -1.04. The molecule has 0 bridgehead atoms. The SMILES string of the molecule is CN(C)c1ccc(CNC(=O)[C@@H]2CCC[C@@H]2CN)cn1.Cl.Cl. The van der Waals surface area contributed by atoms with Gasteiger partial charge in [-0.15, -0.1) is 24.8 Å². The zero-order valence-corrected chi connectivity index (χ0v) is 14.8. The van der Waals surface area contributed by atoms with Crippen molar-refractivity contribution in [1.29, 1.82) is 0 Å². The summed E-state index contributed by atoms with van der Waals surface area (Å²) in [5, 5.41) is 3.01. The van der Waals surface area contributed by atoms with Crippen LogP contribution in [0.3, 0.4) is 0 Å². The zero-order valence-electron chi connectivity index (χ0n) is 13.1. The molecule has 1 aliphatic rings. The summed E-state index contributed by atoms with van der Waals surface area (Å²) in [6.07, 6.45) is 4.96. The average molecular weight is 349 g/mol. The van der Waals surface area contributed by atoms with Crippen LogP contribution >= 0.6 is 24.8 Å². The molecular weight excluding hydrogens is 323 g/mol. The van der Waals surface area contributed by atoms with Crippen molar-refractivity contribution in [3.05, 3.63) is 23.9 Å². The van der Waals surface area contributed by atoms with E-state index in [0.717, 1.165) is 30.6 Å². The van der Waals surface area contributed by atoms with Crippen LogP contribution in [0.1, 0.15) is 24.8 Å². The number of nitrogens with one attached hydrogen (secondary N) is 1. The Kier molecular flexibility index (Phi) is 9.41. The van der Waals surface area contributed by atoms with Crippen LogP contribution in [0.5, 0.6) is 0 Å². The van der Waals surface area contributed by atoms with E-state index in [1.165, 1.54) is 0 Å². The molecule has 0 unspecified atom stereocenters. The summed E-state index contributed by atoms with van der Waals surface area (Å²) in [5.41, 5.74) is 6.74. The molecule has 7 heteroatoms. The van der Waals surface area contributed by atoms with Crippen LogP contribution in [0.25, 0.3) is 0 Å². The lowest BCUT2D eigenvalue weighted by molar-refractivity contribution is -0.126. The molecule has 1 amide bonds. The van der Waals surface area contributed by atoms with E-state index in [1.54, 1.807) is 0 Å². The number of carbonyl (C=O) groups excluding carboxylic acids is 1. The second-order valence-electron chi connectivity index (χ2n) is 5.67. The largest absolute Gasteiger partial charge is 0.363 e. The average Bonchev–Trinajstić information content (AvgIpc) is 2.93. The summed E-state index contributed by atoms with van der Waals surface area (Å²) in [5.74, 6) is 1.49. The van der Waals surface area contributed by atoms with Gasteiger partial charge in [0.25, 0.3) is 0 Å². The van der Waals surface area contributed by atoms with Gasteiger partial charge in [0.15, 0.2) is 0 Å². The second-order valence-corrected chi connectivity index (χ2v) is 5.67. The predicted molar refractivity (Wildman–Crippen MR) is 94.8 cm³/mol. The number of carbonyl (C=O) groups is 1. The van der Waals surface area contributed by atoms with Gasteiger partial charge in [0.2, 0.25) is 5.91 Å². The van der Waals surface area contributed by atoms with E-state index in [-0.39, 0.29) is 36.6 Å². The van der Waals surface area contributed by atoms with E-state index in [9.17, 15) is 4.79 Å². The lowest BCUT2D eigenvalue weighted by atomic mass is 9.95. The number of halogens is 2. The van der Waals surface area contributed by atoms with Gasteiger partial charge in [0.1, 0.15) is 5.82 Å². The number of anilines is 1. The number of nitrogens with two attached hydrogens (primary N) is 1. The van der Waals surface area contributed by atoms with Crippen LogP contribution in [0, 0.1) is 11.8 Å². The minimum absolute atomic E-state index is 0. The Morgan fingerprint density at radius 2 is 2.09 bits per heavy atom. The first-order valence-electron chi connectivity index (χ1n) is 7.22. The molecule has 1 saturated carbocycles. The van der Waals surface area contributed by atoms with Gasteiger partial charge >= 0.3 is 0 Å². The summed E-state index contributed by atoms with van der Waals surface area (Å²) in [6, 6.07) is 3.96. The summed E-state index contributed by atoms with van der Waals surface area (Å²) in [7, 11) is 3.91. The van der Waals surface area contributed by atoms with Crippen molar-refractivity contribution >= 4 is 36.5 Å². The first-order valence-corrected chi connectivity index (χ1v) is 7.22. The molecule has 2 atom stereocenters. The van der Waals surface area contributed by atoms with Crippen molar-refractivity contribution in [3.8, 4) is 0 Å². The van der Waals surface area contributed by atoms with Gasteiger partial charge < -0.3 is 16.0 Å². The van der Waals surface area contributed by atoms with Crippen LogP contribution in [0.2, 0.25) is 0 Å². The number of nitrogens with zero attached hydrogens (tertiary/aromatic N) is 2. The van der Waals surface area contributed by atoms with Crippen LogP contribution in [-0.2, 0) is 11.3 Å².